The molecule has 0 aliphatic carbocycles. The Morgan fingerprint density at radius 1 is 1.00 bits per heavy atom. The molecule has 1 N–H and O–H groups in total. The van der Waals surface area contributed by atoms with E-state index in [1.54, 1.807) is 4.90 Å². The summed E-state index contributed by atoms with van der Waals surface area (Å²) in [7, 11) is 0. The summed E-state index contributed by atoms with van der Waals surface area (Å²) in [6.07, 6.45) is 4.78. The van der Waals surface area contributed by atoms with Gasteiger partial charge in [0, 0.05) is 43.2 Å². The summed E-state index contributed by atoms with van der Waals surface area (Å²) >= 11 is 0. The summed E-state index contributed by atoms with van der Waals surface area (Å²) in [5.41, 5.74) is 5.17. The van der Waals surface area contributed by atoms with Crippen molar-refractivity contribution in [2.75, 3.05) is 13.1 Å². The molecule has 7 nitrogen and oxygen atoms in total. The van der Waals surface area contributed by atoms with Gasteiger partial charge in [-0.1, -0.05) is 30.3 Å². The molecule has 3 aromatic rings. The molecule has 3 aliphatic heterocycles. The molecular formula is C28H28N4O3. The predicted molar refractivity (Wildman–Crippen MR) is 131 cm³/mol. The molecule has 0 bridgehead atoms. The lowest BCUT2D eigenvalue weighted by Crippen LogP contribution is -2.52. The van der Waals surface area contributed by atoms with Crippen LogP contribution in [0.2, 0.25) is 0 Å². The van der Waals surface area contributed by atoms with E-state index in [0.717, 1.165) is 43.6 Å². The highest BCUT2D eigenvalue weighted by Gasteiger charge is 2.39. The zero-order valence-corrected chi connectivity index (χ0v) is 19.6. The fraction of sp³-hybridized carbons (Fsp3) is 0.357. The number of para-hydroxylation sites is 1. The van der Waals surface area contributed by atoms with E-state index in [1.807, 2.05) is 30.5 Å². The lowest BCUT2D eigenvalue weighted by Gasteiger charge is -2.29. The van der Waals surface area contributed by atoms with Crippen molar-refractivity contribution < 1.29 is 14.4 Å². The van der Waals surface area contributed by atoms with Gasteiger partial charge in [-0.15, -0.1) is 0 Å². The van der Waals surface area contributed by atoms with Crippen LogP contribution < -0.4 is 5.32 Å². The molecule has 2 saturated heterocycles. The van der Waals surface area contributed by atoms with Crippen LogP contribution in [-0.2, 0) is 29.1 Å². The molecule has 6 rings (SSSR count). The SMILES string of the molecule is O=C1CCC(N2Cc3cc(CC4CCN(Cc5cnc6ccccc6c5)C4)ccc3C2=O)C(=O)N1. The van der Waals surface area contributed by atoms with Crippen LogP contribution in [0.4, 0.5) is 0 Å². The van der Waals surface area contributed by atoms with E-state index in [4.69, 9.17) is 0 Å². The molecule has 35 heavy (non-hydrogen) atoms. The lowest BCUT2D eigenvalue weighted by atomic mass is 9.96. The first-order chi connectivity index (χ1) is 17.0. The van der Waals surface area contributed by atoms with Crippen LogP contribution in [0.3, 0.4) is 0 Å². The van der Waals surface area contributed by atoms with Crippen LogP contribution >= 0.6 is 0 Å². The normalized spacial score (nSPS) is 22.6. The Morgan fingerprint density at radius 2 is 1.89 bits per heavy atom. The van der Waals surface area contributed by atoms with Crippen LogP contribution in [0.1, 0.15) is 46.3 Å². The molecule has 3 amide bonds. The van der Waals surface area contributed by atoms with Gasteiger partial charge in [0.1, 0.15) is 6.04 Å². The minimum Gasteiger partial charge on any atom is -0.322 e. The minimum absolute atomic E-state index is 0.114. The van der Waals surface area contributed by atoms with Gasteiger partial charge in [-0.3, -0.25) is 29.6 Å². The van der Waals surface area contributed by atoms with Crippen molar-refractivity contribution in [2.24, 2.45) is 5.92 Å². The van der Waals surface area contributed by atoms with Crippen molar-refractivity contribution in [3.8, 4) is 0 Å². The number of aromatic nitrogens is 1. The molecule has 2 atom stereocenters. The predicted octanol–water partition coefficient (Wildman–Crippen LogP) is 3.06. The molecule has 0 spiro atoms. The fourth-order valence-corrected chi connectivity index (χ4v) is 5.77. The lowest BCUT2D eigenvalue weighted by molar-refractivity contribution is -0.136. The van der Waals surface area contributed by atoms with Gasteiger partial charge in [0.2, 0.25) is 11.8 Å². The van der Waals surface area contributed by atoms with E-state index in [1.165, 1.54) is 16.5 Å². The van der Waals surface area contributed by atoms with Crippen molar-refractivity contribution in [1.29, 1.82) is 0 Å². The van der Waals surface area contributed by atoms with E-state index in [2.05, 4.69) is 39.5 Å². The van der Waals surface area contributed by atoms with Crippen LogP contribution in [-0.4, -0.2) is 51.6 Å². The molecule has 2 unspecified atom stereocenters. The maximum Gasteiger partial charge on any atom is 0.255 e. The molecule has 2 aromatic carbocycles. The molecule has 3 aliphatic rings. The van der Waals surface area contributed by atoms with Gasteiger partial charge < -0.3 is 4.90 Å². The van der Waals surface area contributed by atoms with Crippen molar-refractivity contribution in [1.82, 2.24) is 20.1 Å². The number of benzene rings is 2. The smallest absolute Gasteiger partial charge is 0.255 e. The van der Waals surface area contributed by atoms with Gasteiger partial charge in [0.15, 0.2) is 0 Å². The van der Waals surface area contributed by atoms with Crippen molar-refractivity contribution in [3.05, 3.63) is 77.0 Å². The average molecular weight is 469 g/mol. The molecule has 0 radical (unpaired) electrons. The third-order valence-electron chi connectivity index (χ3n) is 7.54. The molecular weight excluding hydrogens is 440 g/mol. The second kappa shape index (κ2) is 8.89. The summed E-state index contributed by atoms with van der Waals surface area (Å²) in [4.78, 5) is 45.4. The molecule has 0 saturated carbocycles. The number of carbonyl (C=O) groups is 3. The highest BCUT2D eigenvalue weighted by Crippen LogP contribution is 2.30. The Kier molecular flexibility index (Phi) is 5.57. The van der Waals surface area contributed by atoms with Gasteiger partial charge in [-0.05, 0) is 66.6 Å². The van der Waals surface area contributed by atoms with E-state index in [0.29, 0.717) is 24.4 Å². The monoisotopic (exact) mass is 468 g/mol. The Bertz CT molecular complexity index is 1340. The maximum absolute atomic E-state index is 12.9. The summed E-state index contributed by atoms with van der Waals surface area (Å²) < 4.78 is 0. The number of fused-ring (bicyclic) bond motifs is 2. The van der Waals surface area contributed by atoms with E-state index < -0.39 is 6.04 Å². The van der Waals surface area contributed by atoms with Crippen molar-refractivity contribution in [2.45, 2.75) is 44.8 Å². The number of piperidine rings is 1. The first kappa shape index (κ1) is 21.9. The maximum atomic E-state index is 12.9. The Balaban J connectivity index is 1.08. The number of imide groups is 1. The third kappa shape index (κ3) is 4.32. The van der Waals surface area contributed by atoms with E-state index >= 15 is 0 Å². The molecule has 7 heteroatoms. The molecule has 1 aromatic heterocycles. The Morgan fingerprint density at radius 3 is 2.77 bits per heavy atom. The number of hydrogen-bond donors (Lipinski definition) is 1. The first-order valence-corrected chi connectivity index (χ1v) is 12.4. The zero-order valence-electron chi connectivity index (χ0n) is 19.6. The third-order valence-corrected chi connectivity index (χ3v) is 7.54. The number of nitrogens with zero attached hydrogens (tertiary/aromatic N) is 3. The number of hydrogen-bond acceptors (Lipinski definition) is 5. The standard InChI is InChI=1S/C28H28N4O3/c33-26-8-7-25(27(34)30-26)32-17-22-12-18(5-6-23(22)28(32)35)11-19-9-10-31(15-19)16-20-13-21-3-1-2-4-24(21)29-14-20/h1-6,12-14,19,25H,7-11,15-17H2,(H,30,33,34). The van der Waals surface area contributed by atoms with Crippen molar-refractivity contribution in [3.63, 3.8) is 0 Å². The topological polar surface area (TPSA) is 82.6 Å². The Hall–Kier alpha value is -3.58. The van der Waals surface area contributed by atoms with Crippen LogP contribution in [0.15, 0.2) is 54.7 Å². The first-order valence-electron chi connectivity index (χ1n) is 12.4. The number of pyridine rings is 1. The number of nitrogens with one attached hydrogen (secondary N) is 1. The number of carbonyl (C=O) groups excluding carboxylic acids is 3. The molecule has 178 valence electrons. The fourth-order valence-electron chi connectivity index (χ4n) is 5.77. The largest absolute Gasteiger partial charge is 0.322 e. The van der Waals surface area contributed by atoms with Gasteiger partial charge in [-0.25, -0.2) is 0 Å². The second-order valence-electron chi connectivity index (χ2n) is 10.0. The van der Waals surface area contributed by atoms with Gasteiger partial charge in [0.25, 0.3) is 5.91 Å². The van der Waals surface area contributed by atoms with Crippen LogP contribution in [0, 0.1) is 5.92 Å². The average Bonchev–Trinajstić information content (AvgIpc) is 3.42. The Labute approximate surface area is 204 Å². The highest BCUT2D eigenvalue weighted by atomic mass is 16.2. The number of likely N-dealkylation sites (tertiary alicyclic amines) is 1. The highest BCUT2D eigenvalue weighted by molar-refractivity contribution is 6.05. The minimum atomic E-state index is -0.566. The summed E-state index contributed by atoms with van der Waals surface area (Å²) in [6, 6.07) is 16.0. The molecule has 4 heterocycles. The summed E-state index contributed by atoms with van der Waals surface area (Å²) in [6.45, 7) is 3.46. The van der Waals surface area contributed by atoms with Gasteiger partial charge in [-0.2, -0.15) is 0 Å². The summed E-state index contributed by atoms with van der Waals surface area (Å²) in [5.74, 6) is -0.169. The van der Waals surface area contributed by atoms with E-state index in [9.17, 15) is 14.4 Å². The summed E-state index contributed by atoms with van der Waals surface area (Å²) in [5, 5.41) is 3.54. The van der Waals surface area contributed by atoms with Gasteiger partial charge in [0.05, 0.1) is 5.52 Å². The molecule has 2 fully saturated rings. The zero-order chi connectivity index (χ0) is 23.9. The van der Waals surface area contributed by atoms with Crippen molar-refractivity contribution >= 4 is 28.6 Å². The number of amides is 3. The van der Waals surface area contributed by atoms with Crippen LogP contribution in [0.25, 0.3) is 10.9 Å². The quantitative estimate of drug-likeness (QED) is 0.582. The van der Waals surface area contributed by atoms with Crippen LogP contribution in [0.5, 0.6) is 0 Å². The van der Waals surface area contributed by atoms with Gasteiger partial charge >= 0.3 is 0 Å². The second-order valence-corrected chi connectivity index (χ2v) is 10.0. The number of rotatable bonds is 5. The van der Waals surface area contributed by atoms with E-state index in [-0.39, 0.29) is 24.1 Å².